The van der Waals surface area contributed by atoms with Gasteiger partial charge in [0, 0.05) is 19.2 Å². The SMILES string of the molecule is CNc1ccccc1CC(=O)c1nc(SC)ncc1Cl. The lowest BCUT2D eigenvalue weighted by Gasteiger charge is -2.08. The number of nitrogens with one attached hydrogen (secondary N) is 1. The summed E-state index contributed by atoms with van der Waals surface area (Å²) in [7, 11) is 1.83. The Balaban J connectivity index is 2.28. The molecular weight excluding hydrogens is 294 g/mol. The second kappa shape index (κ2) is 6.72. The maximum absolute atomic E-state index is 12.4. The third kappa shape index (κ3) is 3.29. The average molecular weight is 308 g/mol. The smallest absolute Gasteiger partial charge is 0.188 e. The number of ketones is 1. The fraction of sp³-hybridized carbons (Fsp3) is 0.214. The van der Waals surface area contributed by atoms with Gasteiger partial charge >= 0.3 is 0 Å². The van der Waals surface area contributed by atoms with E-state index in [2.05, 4.69) is 15.3 Å². The molecule has 0 saturated heterocycles. The van der Waals surface area contributed by atoms with Gasteiger partial charge < -0.3 is 5.32 Å². The predicted molar refractivity (Wildman–Crippen MR) is 82.8 cm³/mol. The molecule has 6 heteroatoms. The van der Waals surface area contributed by atoms with Crippen LogP contribution >= 0.6 is 23.4 Å². The molecule has 1 heterocycles. The van der Waals surface area contributed by atoms with Crippen LogP contribution in [0, 0.1) is 0 Å². The molecule has 0 amide bonds. The number of para-hydroxylation sites is 1. The monoisotopic (exact) mass is 307 g/mol. The van der Waals surface area contributed by atoms with E-state index in [-0.39, 0.29) is 22.9 Å². The first kappa shape index (κ1) is 14.8. The van der Waals surface area contributed by atoms with Gasteiger partial charge in [-0.1, -0.05) is 41.6 Å². The lowest BCUT2D eigenvalue weighted by molar-refractivity contribution is 0.0987. The largest absolute Gasteiger partial charge is 0.388 e. The van der Waals surface area contributed by atoms with Gasteiger partial charge in [0.1, 0.15) is 5.69 Å². The number of aromatic nitrogens is 2. The van der Waals surface area contributed by atoms with Crippen molar-refractivity contribution >= 4 is 34.8 Å². The summed E-state index contributed by atoms with van der Waals surface area (Å²) in [6.45, 7) is 0. The van der Waals surface area contributed by atoms with E-state index in [1.54, 1.807) is 0 Å². The van der Waals surface area contributed by atoms with Crippen molar-refractivity contribution in [2.24, 2.45) is 0 Å². The Bertz CT molecular complexity index is 634. The van der Waals surface area contributed by atoms with Crippen LogP contribution in [0.2, 0.25) is 5.02 Å². The zero-order valence-corrected chi connectivity index (χ0v) is 12.8. The van der Waals surface area contributed by atoms with Crippen LogP contribution in [0.3, 0.4) is 0 Å². The van der Waals surface area contributed by atoms with E-state index in [0.717, 1.165) is 11.3 Å². The maximum Gasteiger partial charge on any atom is 0.188 e. The summed E-state index contributed by atoms with van der Waals surface area (Å²) in [6, 6.07) is 7.66. The molecule has 0 atom stereocenters. The first-order chi connectivity index (χ1) is 9.65. The van der Waals surface area contributed by atoms with Crippen molar-refractivity contribution in [3.05, 3.63) is 46.7 Å². The first-order valence-electron chi connectivity index (χ1n) is 6.01. The van der Waals surface area contributed by atoms with Crippen molar-refractivity contribution < 1.29 is 4.79 Å². The summed E-state index contributed by atoms with van der Waals surface area (Å²) in [5, 5.41) is 3.90. The van der Waals surface area contributed by atoms with Crippen LogP contribution < -0.4 is 5.32 Å². The number of carbonyl (C=O) groups is 1. The molecule has 20 heavy (non-hydrogen) atoms. The third-order valence-corrected chi connectivity index (χ3v) is 3.64. The molecule has 0 aliphatic carbocycles. The molecule has 0 bridgehead atoms. The van der Waals surface area contributed by atoms with Gasteiger partial charge in [-0.25, -0.2) is 9.97 Å². The van der Waals surface area contributed by atoms with Gasteiger partial charge in [-0.15, -0.1) is 0 Å². The fourth-order valence-electron chi connectivity index (χ4n) is 1.82. The molecule has 0 radical (unpaired) electrons. The summed E-state index contributed by atoms with van der Waals surface area (Å²) < 4.78 is 0. The molecule has 0 spiro atoms. The van der Waals surface area contributed by atoms with E-state index in [0.29, 0.717) is 5.16 Å². The zero-order valence-electron chi connectivity index (χ0n) is 11.2. The maximum atomic E-state index is 12.4. The number of hydrogen-bond donors (Lipinski definition) is 1. The van der Waals surface area contributed by atoms with E-state index >= 15 is 0 Å². The van der Waals surface area contributed by atoms with E-state index in [4.69, 9.17) is 11.6 Å². The highest BCUT2D eigenvalue weighted by Crippen LogP contribution is 2.21. The average Bonchev–Trinajstić information content (AvgIpc) is 2.48. The fourth-order valence-corrected chi connectivity index (χ4v) is 2.36. The van der Waals surface area contributed by atoms with Crippen LogP contribution in [0.4, 0.5) is 5.69 Å². The lowest BCUT2D eigenvalue weighted by atomic mass is 10.0. The molecule has 0 aliphatic rings. The predicted octanol–water partition coefficient (Wildman–Crippen LogP) is 3.32. The van der Waals surface area contributed by atoms with E-state index in [9.17, 15) is 4.79 Å². The molecular formula is C14H14ClN3OS. The van der Waals surface area contributed by atoms with Crippen LogP contribution in [-0.2, 0) is 6.42 Å². The van der Waals surface area contributed by atoms with Gasteiger partial charge in [0.15, 0.2) is 10.9 Å². The Morgan fingerprint density at radius 2 is 2.15 bits per heavy atom. The summed E-state index contributed by atoms with van der Waals surface area (Å²) in [5.74, 6) is -0.115. The van der Waals surface area contributed by atoms with Crippen LogP contribution in [0.5, 0.6) is 0 Å². The molecule has 2 rings (SSSR count). The third-order valence-electron chi connectivity index (χ3n) is 2.81. The first-order valence-corrected chi connectivity index (χ1v) is 7.61. The molecule has 0 unspecified atom stereocenters. The highest BCUT2D eigenvalue weighted by atomic mass is 35.5. The van der Waals surface area contributed by atoms with Gasteiger partial charge in [0.05, 0.1) is 11.2 Å². The minimum absolute atomic E-state index is 0.115. The Hall–Kier alpha value is -1.59. The normalized spacial score (nSPS) is 10.3. The van der Waals surface area contributed by atoms with Crippen LogP contribution in [0.1, 0.15) is 16.1 Å². The molecule has 0 saturated carbocycles. The molecule has 1 N–H and O–H groups in total. The van der Waals surface area contributed by atoms with Crippen molar-refractivity contribution in [2.45, 2.75) is 11.6 Å². The molecule has 2 aromatic rings. The van der Waals surface area contributed by atoms with Crippen LogP contribution in [0.25, 0.3) is 0 Å². The zero-order chi connectivity index (χ0) is 14.5. The van der Waals surface area contributed by atoms with Crippen molar-refractivity contribution in [2.75, 3.05) is 18.6 Å². The summed E-state index contributed by atoms with van der Waals surface area (Å²) in [4.78, 5) is 20.6. The number of rotatable bonds is 5. The van der Waals surface area contributed by atoms with Crippen molar-refractivity contribution in [3.8, 4) is 0 Å². The van der Waals surface area contributed by atoms with Crippen molar-refractivity contribution in [1.82, 2.24) is 9.97 Å². The summed E-state index contributed by atoms with van der Waals surface area (Å²) in [6.07, 6.45) is 3.58. The topological polar surface area (TPSA) is 54.9 Å². The van der Waals surface area contributed by atoms with E-state index in [1.165, 1.54) is 18.0 Å². The Morgan fingerprint density at radius 1 is 1.40 bits per heavy atom. The second-order valence-electron chi connectivity index (χ2n) is 4.06. The van der Waals surface area contributed by atoms with Gasteiger partial charge in [0.2, 0.25) is 0 Å². The van der Waals surface area contributed by atoms with Gasteiger partial charge in [0.25, 0.3) is 0 Å². The van der Waals surface area contributed by atoms with Gasteiger partial charge in [-0.3, -0.25) is 4.79 Å². The number of Topliss-reactive ketones (excluding diaryl/α,β-unsaturated/α-hetero) is 1. The van der Waals surface area contributed by atoms with Gasteiger partial charge in [-0.2, -0.15) is 0 Å². The number of anilines is 1. The van der Waals surface area contributed by atoms with E-state index < -0.39 is 0 Å². The lowest BCUT2D eigenvalue weighted by Crippen LogP contribution is -2.09. The molecule has 0 aliphatic heterocycles. The Morgan fingerprint density at radius 3 is 2.85 bits per heavy atom. The standard InChI is InChI=1S/C14H14ClN3OS/c1-16-11-6-4-3-5-9(11)7-12(19)13-10(15)8-17-14(18-13)20-2/h3-6,8,16H,7H2,1-2H3. The van der Waals surface area contributed by atoms with Gasteiger partial charge in [-0.05, 0) is 17.9 Å². The number of benzene rings is 1. The molecule has 4 nitrogen and oxygen atoms in total. The Kier molecular flexibility index (Phi) is 4.98. The number of nitrogens with zero attached hydrogens (tertiary/aromatic N) is 2. The number of halogens is 1. The Labute approximate surface area is 127 Å². The summed E-state index contributed by atoms with van der Waals surface area (Å²) >= 11 is 7.39. The van der Waals surface area contributed by atoms with Crippen LogP contribution in [0.15, 0.2) is 35.6 Å². The minimum Gasteiger partial charge on any atom is -0.388 e. The molecule has 104 valence electrons. The van der Waals surface area contributed by atoms with Crippen molar-refractivity contribution in [3.63, 3.8) is 0 Å². The number of carbonyl (C=O) groups excluding carboxylic acids is 1. The molecule has 1 aromatic carbocycles. The second-order valence-corrected chi connectivity index (χ2v) is 5.24. The molecule has 0 fully saturated rings. The number of hydrogen-bond acceptors (Lipinski definition) is 5. The highest BCUT2D eigenvalue weighted by molar-refractivity contribution is 7.98. The number of thioether (sulfide) groups is 1. The van der Waals surface area contributed by atoms with Crippen LogP contribution in [-0.4, -0.2) is 29.1 Å². The van der Waals surface area contributed by atoms with E-state index in [1.807, 2.05) is 37.6 Å². The highest BCUT2D eigenvalue weighted by Gasteiger charge is 2.16. The minimum atomic E-state index is -0.115. The van der Waals surface area contributed by atoms with Crippen molar-refractivity contribution in [1.29, 1.82) is 0 Å². The summed E-state index contributed by atoms with van der Waals surface area (Å²) in [5.41, 5.74) is 2.12. The molecule has 1 aromatic heterocycles. The quantitative estimate of drug-likeness (QED) is 0.522.